The van der Waals surface area contributed by atoms with Crippen LogP contribution in [0.25, 0.3) is 0 Å². The topological polar surface area (TPSA) is 3.24 Å². The van der Waals surface area contributed by atoms with E-state index in [1.807, 2.05) is 4.90 Å². The molecular weight excluding hydrogens is 227 g/mol. The van der Waals surface area contributed by atoms with E-state index in [1.165, 1.54) is 0 Å². The van der Waals surface area contributed by atoms with Gasteiger partial charge in [-0.2, -0.15) is 13.2 Å². The maximum atomic E-state index is 12.1. The summed E-state index contributed by atoms with van der Waals surface area (Å²) in [7, 11) is 0. The fraction of sp³-hybridized carbons (Fsp3) is 1.00. The fourth-order valence-electron chi connectivity index (χ4n) is 2.08. The first-order valence-electron chi connectivity index (χ1n) is 5.39. The maximum absolute atomic E-state index is 12.1. The summed E-state index contributed by atoms with van der Waals surface area (Å²) in [5.41, 5.74) is 0. The van der Waals surface area contributed by atoms with Crippen LogP contribution in [-0.4, -0.2) is 36.1 Å². The lowest BCUT2D eigenvalue weighted by atomic mass is 10.00. The molecule has 1 saturated heterocycles. The Hall–Kier alpha value is 0.0400. The van der Waals surface area contributed by atoms with Gasteiger partial charge in [0.15, 0.2) is 0 Å². The lowest BCUT2D eigenvalue weighted by Gasteiger charge is -2.35. The first kappa shape index (κ1) is 13.1. The molecule has 1 fully saturated rings. The van der Waals surface area contributed by atoms with Crippen molar-refractivity contribution in [3.8, 4) is 0 Å². The third-order valence-corrected chi connectivity index (χ3v) is 3.09. The average Bonchev–Trinajstić information content (AvgIpc) is 2.16. The van der Waals surface area contributed by atoms with Gasteiger partial charge in [0.25, 0.3) is 0 Å². The van der Waals surface area contributed by atoms with Crippen LogP contribution in [0.4, 0.5) is 13.2 Å². The number of nitrogens with zero attached hydrogens (tertiary/aromatic N) is 1. The number of halogens is 4. The van der Waals surface area contributed by atoms with E-state index in [0.717, 1.165) is 32.2 Å². The minimum absolute atomic E-state index is 0.130. The summed E-state index contributed by atoms with van der Waals surface area (Å²) in [6.45, 7) is 0.919. The molecule has 0 aromatic heterocycles. The molecule has 0 aromatic rings. The summed E-state index contributed by atoms with van der Waals surface area (Å²) >= 11 is 5.64. The van der Waals surface area contributed by atoms with E-state index in [2.05, 4.69) is 0 Å². The first-order valence-corrected chi connectivity index (χ1v) is 5.93. The van der Waals surface area contributed by atoms with E-state index >= 15 is 0 Å². The normalized spacial score (nSPS) is 24.4. The highest BCUT2D eigenvalue weighted by atomic mass is 35.5. The molecule has 1 atom stereocenters. The quantitative estimate of drug-likeness (QED) is 0.684. The maximum Gasteiger partial charge on any atom is 0.390 e. The highest BCUT2D eigenvalue weighted by Crippen LogP contribution is 2.24. The zero-order valence-corrected chi connectivity index (χ0v) is 9.45. The standard InChI is InChI=1S/C10H17ClF3N/c11-6-4-9-3-1-2-7-15(9)8-5-10(12,13)14/h9H,1-8H2. The molecule has 0 bridgehead atoms. The Bertz CT molecular complexity index is 182. The van der Waals surface area contributed by atoms with Crippen LogP contribution in [0.1, 0.15) is 32.1 Å². The van der Waals surface area contributed by atoms with E-state index in [-0.39, 0.29) is 12.6 Å². The summed E-state index contributed by atoms with van der Waals surface area (Å²) in [4.78, 5) is 1.94. The molecule has 0 saturated carbocycles. The number of piperidine rings is 1. The monoisotopic (exact) mass is 243 g/mol. The lowest BCUT2D eigenvalue weighted by molar-refractivity contribution is -0.139. The molecule has 1 aliphatic heterocycles. The second-order valence-electron chi connectivity index (χ2n) is 4.03. The first-order chi connectivity index (χ1) is 7.03. The number of hydrogen-bond donors (Lipinski definition) is 0. The predicted molar refractivity (Wildman–Crippen MR) is 55.2 cm³/mol. The van der Waals surface area contributed by atoms with Crippen molar-refractivity contribution < 1.29 is 13.2 Å². The van der Waals surface area contributed by atoms with Crippen molar-refractivity contribution in [1.82, 2.24) is 4.90 Å². The van der Waals surface area contributed by atoms with Crippen LogP contribution in [0.2, 0.25) is 0 Å². The predicted octanol–water partition coefficient (Wildman–Crippen LogP) is 3.42. The van der Waals surface area contributed by atoms with Gasteiger partial charge in [0, 0.05) is 18.5 Å². The van der Waals surface area contributed by atoms with Crippen LogP contribution < -0.4 is 0 Å². The van der Waals surface area contributed by atoms with Crippen LogP contribution in [0, 0.1) is 0 Å². The van der Waals surface area contributed by atoms with E-state index in [9.17, 15) is 13.2 Å². The molecule has 15 heavy (non-hydrogen) atoms. The van der Waals surface area contributed by atoms with Gasteiger partial charge in [-0.1, -0.05) is 6.42 Å². The summed E-state index contributed by atoms with van der Waals surface area (Å²) in [5.74, 6) is 0.535. The Kier molecular flexibility index (Phi) is 5.19. The molecule has 90 valence electrons. The van der Waals surface area contributed by atoms with E-state index in [0.29, 0.717) is 5.88 Å². The van der Waals surface area contributed by atoms with Gasteiger partial charge in [-0.05, 0) is 25.8 Å². The molecule has 0 spiro atoms. The van der Waals surface area contributed by atoms with Crippen LogP contribution in [0.3, 0.4) is 0 Å². The van der Waals surface area contributed by atoms with Crippen molar-refractivity contribution in [1.29, 1.82) is 0 Å². The number of rotatable bonds is 4. The average molecular weight is 244 g/mol. The summed E-state index contributed by atoms with van der Waals surface area (Å²) < 4.78 is 36.2. The van der Waals surface area contributed by atoms with Crippen LogP contribution in [0.5, 0.6) is 0 Å². The molecule has 0 aromatic carbocycles. The third-order valence-electron chi connectivity index (χ3n) is 2.87. The molecule has 1 heterocycles. The molecule has 0 aliphatic carbocycles. The zero-order valence-electron chi connectivity index (χ0n) is 8.69. The lowest BCUT2D eigenvalue weighted by Crippen LogP contribution is -2.41. The second-order valence-corrected chi connectivity index (χ2v) is 4.41. The molecule has 0 N–H and O–H groups in total. The van der Waals surface area contributed by atoms with Gasteiger partial charge < -0.3 is 4.90 Å². The van der Waals surface area contributed by atoms with Gasteiger partial charge in [-0.25, -0.2) is 0 Å². The highest BCUT2D eigenvalue weighted by molar-refractivity contribution is 6.17. The Morgan fingerprint density at radius 2 is 2.00 bits per heavy atom. The van der Waals surface area contributed by atoms with Crippen molar-refractivity contribution in [3.05, 3.63) is 0 Å². The molecule has 1 rings (SSSR count). The van der Waals surface area contributed by atoms with Crippen molar-refractivity contribution >= 4 is 11.6 Å². The molecular formula is C10H17ClF3N. The molecule has 1 unspecified atom stereocenters. The van der Waals surface area contributed by atoms with E-state index in [4.69, 9.17) is 11.6 Å². The molecule has 5 heteroatoms. The van der Waals surface area contributed by atoms with Gasteiger partial charge in [-0.3, -0.25) is 0 Å². The van der Waals surface area contributed by atoms with E-state index < -0.39 is 12.6 Å². The van der Waals surface area contributed by atoms with Crippen LogP contribution in [0.15, 0.2) is 0 Å². The van der Waals surface area contributed by atoms with Gasteiger partial charge in [0.05, 0.1) is 6.42 Å². The Balaban J connectivity index is 2.35. The van der Waals surface area contributed by atoms with Gasteiger partial charge >= 0.3 is 6.18 Å². The fourth-order valence-corrected chi connectivity index (χ4v) is 2.33. The highest BCUT2D eigenvalue weighted by Gasteiger charge is 2.30. The van der Waals surface area contributed by atoms with E-state index in [1.54, 1.807) is 0 Å². The van der Waals surface area contributed by atoms with Crippen molar-refractivity contribution in [2.45, 2.75) is 44.3 Å². The second kappa shape index (κ2) is 5.94. The Morgan fingerprint density at radius 1 is 1.27 bits per heavy atom. The van der Waals surface area contributed by atoms with Crippen LogP contribution >= 0.6 is 11.6 Å². The summed E-state index contributed by atoms with van der Waals surface area (Å²) in [6, 6.07) is 0.263. The van der Waals surface area contributed by atoms with Gasteiger partial charge in [0.1, 0.15) is 0 Å². The smallest absolute Gasteiger partial charge is 0.300 e. The van der Waals surface area contributed by atoms with Gasteiger partial charge in [-0.15, -0.1) is 11.6 Å². The minimum Gasteiger partial charge on any atom is -0.300 e. The summed E-state index contributed by atoms with van der Waals surface area (Å²) in [5, 5.41) is 0. The summed E-state index contributed by atoms with van der Waals surface area (Å²) in [6.07, 6.45) is -0.820. The number of hydrogen-bond acceptors (Lipinski definition) is 1. The Morgan fingerprint density at radius 3 is 2.60 bits per heavy atom. The number of alkyl halides is 4. The molecule has 0 radical (unpaired) electrons. The number of likely N-dealkylation sites (tertiary alicyclic amines) is 1. The van der Waals surface area contributed by atoms with Crippen molar-refractivity contribution in [3.63, 3.8) is 0 Å². The largest absolute Gasteiger partial charge is 0.390 e. The van der Waals surface area contributed by atoms with Crippen LogP contribution in [-0.2, 0) is 0 Å². The van der Waals surface area contributed by atoms with Gasteiger partial charge in [0.2, 0.25) is 0 Å². The Labute approximate surface area is 93.6 Å². The van der Waals surface area contributed by atoms with Crippen molar-refractivity contribution in [2.75, 3.05) is 19.0 Å². The molecule has 0 amide bonds. The third kappa shape index (κ3) is 5.07. The zero-order chi connectivity index (χ0) is 11.3. The SMILES string of the molecule is FC(F)(F)CCN1CCCCC1CCCl. The van der Waals surface area contributed by atoms with Crippen molar-refractivity contribution in [2.24, 2.45) is 0 Å². The minimum atomic E-state index is -4.04. The molecule has 1 nitrogen and oxygen atoms in total. The molecule has 1 aliphatic rings.